The van der Waals surface area contributed by atoms with Gasteiger partial charge in [-0.1, -0.05) is 13.8 Å². The van der Waals surface area contributed by atoms with Crippen molar-refractivity contribution in [1.82, 2.24) is 5.32 Å². The number of amides is 1. The summed E-state index contributed by atoms with van der Waals surface area (Å²) >= 11 is 0. The van der Waals surface area contributed by atoms with Crippen molar-refractivity contribution >= 4 is 11.7 Å². The molecule has 0 aliphatic carbocycles. The Hall–Kier alpha value is -1.95. The van der Waals surface area contributed by atoms with E-state index >= 15 is 0 Å². The topological polar surface area (TPSA) is 81.4 Å². The van der Waals surface area contributed by atoms with E-state index in [1.807, 2.05) is 13.8 Å². The highest BCUT2D eigenvalue weighted by Gasteiger charge is 2.21. The Bertz CT molecular complexity index is 557. The molecule has 0 atom stereocenters. The molecule has 23 heavy (non-hydrogen) atoms. The van der Waals surface area contributed by atoms with E-state index < -0.39 is 11.4 Å². The van der Waals surface area contributed by atoms with Crippen molar-refractivity contribution < 1.29 is 18.7 Å². The van der Waals surface area contributed by atoms with Gasteiger partial charge in [0.05, 0.1) is 7.11 Å². The van der Waals surface area contributed by atoms with Crippen LogP contribution in [0.25, 0.3) is 0 Å². The fourth-order valence-corrected chi connectivity index (χ4v) is 2.07. The van der Waals surface area contributed by atoms with Crippen LogP contribution in [0.4, 0.5) is 4.39 Å². The lowest BCUT2D eigenvalue weighted by Gasteiger charge is -2.26. The molecule has 1 aromatic carbocycles. The summed E-state index contributed by atoms with van der Waals surface area (Å²) in [5.41, 5.74) is 5.91. The summed E-state index contributed by atoms with van der Waals surface area (Å²) in [4.78, 5) is 23.8. The fourth-order valence-electron chi connectivity index (χ4n) is 2.07. The number of carbonyl (C=O) groups is 2. The molecular weight excluding hydrogens is 299 g/mol. The highest BCUT2D eigenvalue weighted by Crippen LogP contribution is 2.19. The molecule has 0 saturated heterocycles. The van der Waals surface area contributed by atoms with Gasteiger partial charge < -0.3 is 15.8 Å². The molecule has 0 spiro atoms. The third-order valence-corrected chi connectivity index (χ3v) is 4.10. The number of nitrogens with two attached hydrogens (primary N) is 1. The zero-order valence-corrected chi connectivity index (χ0v) is 13.9. The molecule has 6 heteroatoms. The predicted octanol–water partition coefficient (Wildman–Crippen LogP) is 2.43. The number of ketones is 1. The van der Waals surface area contributed by atoms with Gasteiger partial charge in [0.2, 0.25) is 5.91 Å². The molecule has 1 aromatic rings. The molecule has 128 valence electrons. The SMILES string of the molecule is CCC(N)(CC)CNC(=O)CCC(=O)c1ccc(OC)c(F)c1. The zero-order chi connectivity index (χ0) is 17.5. The lowest BCUT2D eigenvalue weighted by molar-refractivity contribution is -0.121. The molecule has 0 heterocycles. The number of carbonyl (C=O) groups excluding carboxylic acids is 2. The van der Waals surface area contributed by atoms with Crippen molar-refractivity contribution in [2.24, 2.45) is 5.73 Å². The van der Waals surface area contributed by atoms with Gasteiger partial charge >= 0.3 is 0 Å². The second kappa shape index (κ2) is 8.62. The maximum atomic E-state index is 13.6. The molecule has 5 nitrogen and oxygen atoms in total. The first-order valence-electron chi connectivity index (χ1n) is 7.77. The van der Waals surface area contributed by atoms with E-state index in [1.165, 1.54) is 19.2 Å². The normalized spacial score (nSPS) is 11.2. The smallest absolute Gasteiger partial charge is 0.220 e. The molecule has 0 radical (unpaired) electrons. The molecule has 0 aliphatic rings. The summed E-state index contributed by atoms with van der Waals surface area (Å²) < 4.78 is 18.4. The number of benzene rings is 1. The van der Waals surface area contributed by atoms with Gasteiger partial charge in [-0.3, -0.25) is 9.59 Å². The Morgan fingerprint density at radius 3 is 2.43 bits per heavy atom. The summed E-state index contributed by atoms with van der Waals surface area (Å²) in [6, 6.07) is 4.01. The van der Waals surface area contributed by atoms with Crippen LogP contribution in [0.15, 0.2) is 18.2 Å². The van der Waals surface area contributed by atoms with Crippen LogP contribution in [0.1, 0.15) is 49.9 Å². The van der Waals surface area contributed by atoms with Crippen molar-refractivity contribution in [2.45, 2.75) is 45.1 Å². The van der Waals surface area contributed by atoms with Gasteiger partial charge in [-0.15, -0.1) is 0 Å². The minimum atomic E-state index is -0.596. The highest BCUT2D eigenvalue weighted by atomic mass is 19.1. The van der Waals surface area contributed by atoms with Crippen LogP contribution in [0, 0.1) is 5.82 Å². The molecule has 0 aromatic heterocycles. The average Bonchev–Trinajstić information content (AvgIpc) is 2.57. The summed E-state index contributed by atoms with van der Waals surface area (Å²) in [5.74, 6) is -1.03. The monoisotopic (exact) mass is 324 g/mol. The lowest BCUT2D eigenvalue weighted by Crippen LogP contribution is -2.49. The first kappa shape index (κ1) is 19.1. The van der Waals surface area contributed by atoms with Crippen LogP contribution in [-0.4, -0.2) is 30.9 Å². The number of Topliss-reactive ketones (excluding diaryl/α,β-unsaturated/α-hetero) is 1. The van der Waals surface area contributed by atoms with Gasteiger partial charge in [0.25, 0.3) is 0 Å². The Balaban J connectivity index is 2.50. The molecule has 3 N–H and O–H groups in total. The Labute approximate surface area is 136 Å². The van der Waals surface area contributed by atoms with E-state index in [0.717, 1.165) is 18.9 Å². The predicted molar refractivity (Wildman–Crippen MR) is 87.0 cm³/mol. The molecule has 0 saturated carbocycles. The average molecular weight is 324 g/mol. The maximum absolute atomic E-state index is 13.6. The number of nitrogens with one attached hydrogen (secondary N) is 1. The Kier molecular flexibility index (Phi) is 7.16. The number of ether oxygens (including phenoxy) is 1. The van der Waals surface area contributed by atoms with E-state index in [0.29, 0.717) is 6.54 Å². The first-order chi connectivity index (χ1) is 10.8. The summed E-state index contributed by atoms with van der Waals surface area (Å²) in [7, 11) is 1.36. The van der Waals surface area contributed by atoms with Crippen molar-refractivity contribution in [2.75, 3.05) is 13.7 Å². The molecule has 0 unspecified atom stereocenters. The van der Waals surface area contributed by atoms with Crippen molar-refractivity contribution in [1.29, 1.82) is 0 Å². The third kappa shape index (κ3) is 5.63. The van der Waals surface area contributed by atoms with E-state index in [1.54, 1.807) is 0 Å². The van der Waals surface area contributed by atoms with Crippen molar-refractivity contribution in [3.8, 4) is 5.75 Å². The van der Waals surface area contributed by atoms with Crippen LogP contribution in [0.3, 0.4) is 0 Å². The number of rotatable bonds is 9. The van der Waals surface area contributed by atoms with Crippen LogP contribution in [0.5, 0.6) is 5.75 Å². The molecule has 1 rings (SSSR count). The molecular formula is C17H25FN2O3. The Morgan fingerprint density at radius 2 is 1.91 bits per heavy atom. The second-order valence-electron chi connectivity index (χ2n) is 5.62. The van der Waals surface area contributed by atoms with Gasteiger partial charge in [0.15, 0.2) is 17.3 Å². The largest absolute Gasteiger partial charge is 0.494 e. The summed E-state index contributed by atoms with van der Waals surface area (Å²) in [6.45, 7) is 4.32. The van der Waals surface area contributed by atoms with E-state index in [-0.39, 0.29) is 35.8 Å². The van der Waals surface area contributed by atoms with Gasteiger partial charge in [-0.25, -0.2) is 4.39 Å². The van der Waals surface area contributed by atoms with Crippen molar-refractivity contribution in [3.63, 3.8) is 0 Å². The minimum Gasteiger partial charge on any atom is -0.494 e. The van der Waals surface area contributed by atoms with Crippen LogP contribution in [0.2, 0.25) is 0 Å². The quantitative estimate of drug-likeness (QED) is 0.684. The van der Waals surface area contributed by atoms with Crippen LogP contribution >= 0.6 is 0 Å². The van der Waals surface area contributed by atoms with Gasteiger partial charge in [-0.05, 0) is 31.0 Å². The van der Waals surface area contributed by atoms with Gasteiger partial charge in [-0.2, -0.15) is 0 Å². The summed E-state index contributed by atoms with van der Waals surface area (Å²) in [6.07, 6.45) is 1.59. The fraction of sp³-hybridized carbons (Fsp3) is 0.529. The number of halogens is 1. The summed E-state index contributed by atoms with van der Waals surface area (Å²) in [5, 5.41) is 2.75. The zero-order valence-electron chi connectivity index (χ0n) is 13.9. The van der Waals surface area contributed by atoms with Gasteiger partial charge in [0.1, 0.15) is 0 Å². The number of methoxy groups -OCH3 is 1. The van der Waals surface area contributed by atoms with E-state index in [4.69, 9.17) is 10.5 Å². The van der Waals surface area contributed by atoms with Crippen LogP contribution in [-0.2, 0) is 4.79 Å². The van der Waals surface area contributed by atoms with Crippen molar-refractivity contribution in [3.05, 3.63) is 29.6 Å². The Morgan fingerprint density at radius 1 is 1.26 bits per heavy atom. The van der Waals surface area contributed by atoms with E-state index in [2.05, 4.69) is 5.32 Å². The lowest BCUT2D eigenvalue weighted by atomic mass is 9.94. The molecule has 0 aliphatic heterocycles. The standard InChI is InChI=1S/C17H25FN2O3/c1-4-17(19,5-2)11-20-16(22)9-7-14(21)12-6-8-15(23-3)13(18)10-12/h6,8,10H,4-5,7,9,11,19H2,1-3H3,(H,20,22). The third-order valence-electron chi connectivity index (χ3n) is 4.10. The minimum absolute atomic E-state index is 0.0213. The first-order valence-corrected chi connectivity index (χ1v) is 7.77. The van der Waals surface area contributed by atoms with E-state index in [9.17, 15) is 14.0 Å². The molecule has 0 fully saturated rings. The maximum Gasteiger partial charge on any atom is 0.220 e. The van der Waals surface area contributed by atoms with Gasteiger partial charge in [0, 0.05) is 30.5 Å². The number of hydrogen-bond donors (Lipinski definition) is 2. The van der Waals surface area contributed by atoms with Crippen LogP contribution < -0.4 is 15.8 Å². The molecule has 1 amide bonds. The second-order valence-corrected chi connectivity index (χ2v) is 5.62. The highest BCUT2D eigenvalue weighted by molar-refractivity contribution is 5.98. The number of hydrogen-bond acceptors (Lipinski definition) is 4. The molecule has 0 bridgehead atoms.